The van der Waals surface area contributed by atoms with Crippen molar-refractivity contribution in [3.63, 3.8) is 0 Å². The van der Waals surface area contributed by atoms with Gasteiger partial charge in [0.15, 0.2) is 6.61 Å². The molecule has 0 bridgehead atoms. The van der Waals surface area contributed by atoms with Gasteiger partial charge in [-0.1, -0.05) is 25.1 Å². The number of rotatable bonds is 5. The Bertz CT molecular complexity index is 543. The lowest BCUT2D eigenvalue weighted by atomic mass is 9.90. The molecule has 1 heterocycles. The number of ether oxygens (including phenoxy) is 1. The minimum Gasteiger partial charge on any atom is -0.483 e. The van der Waals surface area contributed by atoms with Gasteiger partial charge in [-0.05, 0) is 37.8 Å². The molecule has 0 unspecified atom stereocenters. The summed E-state index contributed by atoms with van der Waals surface area (Å²) in [6.45, 7) is 4.39. The Labute approximate surface area is 130 Å². The average molecular weight is 305 g/mol. The summed E-state index contributed by atoms with van der Waals surface area (Å²) < 4.78 is 5.65. The molecule has 1 amide bonds. The Morgan fingerprint density at radius 3 is 2.77 bits per heavy atom. The standard InChI is InChI=1S/C17H23NO4/c1-3-13-7-4-5-9-15(13)22-11-16(19)18-10-6-8-14(12(18)2)17(20)21/h4-5,7,9,12,14H,3,6,8,10-11H2,1-2H3,(H,20,21)/t12-,14-/m0/s1. The summed E-state index contributed by atoms with van der Waals surface area (Å²) in [5.74, 6) is -0.745. The van der Waals surface area contributed by atoms with Crippen molar-refractivity contribution in [2.24, 2.45) is 5.92 Å². The molecule has 0 aromatic heterocycles. The highest BCUT2D eigenvalue weighted by Crippen LogP contribution is 2.24. The summed E-state index contributed by atoms with van der Waals surface area (Å²) in [4.78, 5) is 25.2. The van der Waals surface area contributed by atoms with E-state index in [2.05, 4.69) is 0 Å². The maximum atomic E-state index is 12.4. The highest BCUT2D eigenvalue weighted by atomic mass is 16.5. The highest BCUT2D eigenvalue weighted by molar-refractivity contribution is 5.80. The van der Waals surface area contributed by atoms with Crippen LogP contribution < -0.4 is 4.74 Å². The first kappa shape index (κ1) is 16.3. The van der Waals surface area contributed by atoms with Gasteiger partial charge in [0.05, 0.1) is 5.92 Å². The third-order valence-electron chi connectivity index (χ3n) is 4.33. The maximum Gasteiger partial charge on any atom is 0.308 e. The summed E-state index contributed by atoms with van der Waals surface area (Å²) in [6, 6.07) is 7.36. The first-order valence-corrected chi connectivity index (χ1v) is 7.77. The van der Waals surface area contributed by atoms with Crippen molar-refractivity contribution in [3.05, 3.63) is 29.8 Å². The van der Waals surface area contributed by atoms with E-state index in [1.54, 1.807) is 11.8 Å². The summed E-state index contributed by atoms with van der Waals surface area (Å²) in [7, 11) is 0. The molecule has 1 saturated heterocycles. The van der Waals surface area contributed by atoms with E-state index < -0.39 is 11.9 Å². The summed E-state index contributed by atoms with van der Waals surface area (Å²) in [5.41, 5.74) is 1.06. The third kappa shape index (κ3) is 3.59. The molecule has 0 radical (unpaired) electrons. The second kappa shape index (κ2) is 7.29. The quantitative estimate of drug-likeness (QED) is 0.906. The number of aliphatic carboxylic acids is 1. The first-order chi connectivity index (χ1) is 10.5. The van der Waals surface area contributed by atoms with Gasteiger partial charge < -0.3 is 14.7 Å². The molecular formula is C17H23NO4. The molecule has 2 rings (SSSR count). The smallest absolute Gasteiger partial charge is 0.308 e. The summed E-state index contributed by atoms with van der Waals surface area (Å²) >= 11 is 0. The Morgan fingerprint density at radius 2 is 2.09 bits per heavy atom. The molecule has 0 saturated carbocycles. The SMILES string of the molecule is CCc1ccccc1OCC(=O)N1CCC[C@H](C(=O)O)[C@@H]1C. The lowest BCUT2D eigenvalue weighted by molar-refractivity contribution is -0.149. The monoisotopic (exact) mass is 305 g/mol. The van der Waals surface area contributed by atoms with Crippen molar-refractivity contribution in [3.8, 4) is 5.75 Å². The fourth-order valence-electron chi connectivity index (χ4n) is 2.98. The van der Waals surface area contributed by atoms with Crippen LogP contribution in [0.5, 0.6) is 5.75 Å². The Balaban J connectivity index is 1.98. The molecule has 5 heteroatoms. The van der Waals surface area contributed by atoms with Crippen LogP contribution in [-0.4, -0.2) is 41.1 Å². The Morgan fingerprint density at radius 1 is 1.36 bits per heavy atom. The number of hydrogen-bond acceptors (Lipinski definition) is 3. The number of para-hydroxylation sites is 1. The minimum absolute atomic E-state index is 0.0479. The van der Waals surface area contributed by atoms with Gasteiger partial charge in [-0.25, -0.2) is 0 Å². The number of nitrogens with zero attached hydrogens (tertiary/aromatic N) is 1. The van der Waals surface area contributed by atoms with Crippen LogP contribution in [0.15, 0.2) is 24.3 Å². The van der Waals surface area contributed by atoms with E-state index in [0.29, 0.717) is 13.0 Å². The zero-order valence-corrected chi connectivity index (χ0v) is 13.1. The lowest BCUT2D eigenvalue weighted by Crippen LogP contribution is -2.50. The van der Waals surface area contributed by atoms with E-state index in [1.165, 1.54) is 0 Å². The second-order valence-electron chi connectivity index (χ2n) is 5.66. The van der Waals surface area contributed by atoms with E-state index in [1.807, 2.05) is 31.2 Å². The van der Waals surface area contributed by atoms with Crippen LogP contribution in [0, 0.1) is 5.92 Å². The molecule has 0 spiro atoms. The number of carboxylic acids is 1. The van der Waals surface area contributed by atoms with Crippen molar-refractivity contribution in [2.75, 3.05) is 13.2 Å². The largest absolute Gasteiger partial charge is 0.483 e. The molecule has 1 fully saturated rings. The number of likely N-dealkylation sites (tertiary alicyclic amines) is 1. The van der Waals surface area contributed by atoms with Gasteiger partial charge in [0, 0.05) is 12.6 Å². The average Bonchev–Trinajstić information content (AvgIpc) is 2.52. The zero-order valence-electron chi connectivity index (χ0n) is 13.1. The molecule has 0 aliphatic carbocycles. The Kier molecular flexibility index (Phi) is 5.41. The lowest BCUT2D eigenvalue weighted by Gasteiger charge is -2.37. The first-order valence-electron chi connectivity index (χ1n) is 7.77. The molecular weight excluding hydrogens is 282 g/mol. The van der Waals surface area contributed by atoms with Gasteiger partial charge >= 0.3 is 5.97 Å². The van der Waals surface area contributed by atoms with Crippen molar-refractivity contribution < 1.29 is 19.4 Å². The third-order valence-corrected chi connectivity index (χ3v) is 4.33. The van der Waals surface area contributed by atoms with Gasteiger partial charge in [0.25, 0.3) is 5.91 Å². The van der Waals surface area contributed by atoms with E-state index in [0.717, 1.165) is 24.2 Å². The topological polar surface area (TPSA) is 66.8 Å². The number of amides is 1. The van der Waals surface area contributed by atoms with Crippen LogP contribution >= 0.6 is 0 Å². The predicted molar refractivity (Wildman–Crippen MR) is 82.8 cm³/mol. The van der Waals surface area contributed by atoms with Crippen LogP contribution in [0.25, 0.3) is 0 Å². The molecule has 1 aliphatic rings. The number of carbonyl (C=O) groups excluding carboxylic acids is 1. The van der Waals surface area contributed by atoms with Gasteiger partial charge in [-0.3, -0.25) is 9.59 Å². The minimum atomic E-state index is -0.831. The predicted octanol–water partition coefficient (Wildman–Crippen LogP) is 2.34. The molecule has 5 nitrogen and oxygen atoms in total. The maximum absolute atomic E-state index is 12.4. The van der Waals surface area contributed by atoms with Crippen LogP contribution in [0.1, 0.15) is 32.3 Å². The number of carboxylic acid groups (broad SMARTS) is 1. The second-order valence-corrected chi connectivity index (χ2v) is 5.66. The highest BCUT2D eigenvalue weighted by Gasteiger charge is 2.35. The number of hydrogen-bond donors (Lipinski definition) is 1. The number of aryl methyl sites for hydroxylation is 1. The van der Waals surface area contributed by atoms with E-state index >= 15 is 0 Å². The molecule has 2 atom stereocenters. The van der Waals surface area contributed by atoms with Gasteiger partial charge in [-0.2, -0.15) is 0 Å². The number of carbonyl (C=O) groups is 2. The van der Waals surface area contributed by atoms with Crippen molar-refractivity contribution in [1.82, 2.24) is 4.90 Å². The Hall–Kier alpha value is -2.04. The van der Waals surface area contributed by atoms with E-state index in [4.69, 9.17) is 4.74 Å². The van der Waals surface area contributed by atoms with Gasteiger partial charge in [0.2, 0.25) is 0 Å². The summed E-state index contributed by atoms with van der Waals surface area (Å²) in [6.07, 6.45) is 2.18. The molecule has 120 valence electrons. The van der Waals surface area contributed by atoms with Crippen LogP contribution in [-0.2, 0) is 16.0 Å². The van der Waals surface area contributed by atoms with E-state index in [-0.39, 0.29) is 18.6 Å². The van der Waals surface area contributed by atoms with Crippen LogP contribution in [0.3, 0.4) is 0 Å². The van der Waals surface area contributed by atoms with Crippen molar-refractivity contribution in [2.45, 2.75) is 39.2 Å². The molecule has 1 aromatic rings. The van der Waals surface area contributed by atoms with Crippen LogP contribution in [0.4, 0.5) is 0 Å². The molecule has 1 aromatic carbocycles. The van der Waals surface area contributed by atoms with E-state index in [9.17, 15) is 14.7 Å². The number of piperidine rings is 1. The van der Waals surface area contributed by atoms with Crippen molar-refractivity contribution in [1.29, 1.82) is 0 Å². The molecule has 1 N–H and O–H groups in total. The fourth-order valence-corrected chi connectivity index (χ4v) is 2.98. The van der Waals surface area contributed by atoms with Crippen molar-refractivity contribution >= 4 is 11.9 Å². The number of benzene rings is 1. The molecule has 22 heavy (non-hydrogen) atoms. The normalized spacial score (nSPS) is 21.5. The summed E-state index contributed by atoms with van der Waals surface area (Å²) in [5, 5.41) is 9.22. The zero-order chi connectivity index (χ0) is 16.1. The molecule has 1 aliphatic heterocycles. The van der Waals surface area contributed by atoms with Gasteiger partial charge in [-0.15, -0.1) is 0 Å². The van der Waals surface area contributed by atoms with Gasteiger partial charge in [0.1, 0.15) is 5.75 Å². The van der Waals surface area contributed by atoms with Crippen LogP contribution in [0.2, 0.25) is 0 Å². The fraction of sp³-hybridized carbons (Fsp3) is 0.529.